The van der Waals surface area contributed by atoms with Crippen LogP contribution < -0.4 is 5.32 Å². The first-order valence-corrected chi connectivity index (χ1v) is 6.71. The van der Waals surface area contributed by atoms with Crippen molar-refractivity contribution in [3.8, 4) is 0 Å². The highest BCUT2D eigenvalue weighted by Crippen LogP contribution is 2.48. The van der Waals surface area contributed by atoms with Crippen LogP contribution in [-0.4, -0.2) is 22.0 Å². The van der Waals surface area contributed by atoms with Crippen molar-refractivity contribution < 1.29 is 14.7 Å². The summed E-state index contributed by atoms with van der Waals surface area (Å²) in [6.07, 6.45) is 6.28. The number of nitrogens with zero attached hydrogens (tertiary/aromatic N) is 1. The van der Waals surface area contributed by atoms with Crippen molar-refractivity contribution in [2.75, 3.05) is 5.32 Å². The second-order valence-electron chi connectivity index (χ2n) is 5.55. The number of aromatic nitrogens is 1. The van der Waals surface area contributed by atoms with Crippen molar-refractivity contribution in [3.05, 3.63) is 36.0 Å². The van der Waals surface area contributed by atoms with E-state index in [1.54, 1.807) is 12.3 Å². The molecule has 5 heteroatoms. The van der Waals surface area contributed by atoms with Gasteiger partial charge in [0, 0.05) is 6.20 Å². The summed E-state index contributed by atoms with van der Waals surface area (Å²) in [5.41, 5.74) is 0.998. The van der Waals surface area contributed by atoms with Crippen LogP contribution in [0.15, 0.2) is 30.5 Å². The van der Waals surface area contributed by atoms with Crippen LogP contribution in [0, 0.1) is 30.6 Å². The van der Waals surface area contributed by atoms with Crippen LogP contribution in [0.1, 0.15) is 12.0 Å². The highest BCUT2D eigenvalue weighted by atomic mass is 16.4. The maximum absolute atomic E-state index is 12.4. The Morgan fingerprint density at radius 3 is 2.65 bits per heavy atom. The van der Waals surface area contributed by atoms with Gasteiger partial charge in [0.15, 0.2) is 0 Å². The Morgan fingerprint density at radius 2 is 2.00 bits per heavy atom. The first-order chi connectivity index (χ1) is 9.56. The molecule has 2 aliphatic carbocycles. The number of carbonyl (C=O) groups is 2. The molecule has 3 rings (SSSR count). The topological polar surface area (TPSA) is 79.3 Å². The number of aliphatic carboxylic acids is 1. The predicted octanol–water partition coefficient (Wildman–Crippen LogP) is 1.85. The van der Waals surface area contributed by atoms with Gasteiger partial charge in [0.2, 0.25) is 5.91 Å². The Kier molecular flexibility index (Phi) is 3.04. The van der Waals surface area contributed by atoms with Crippen LogP contribution in [0.3, 0.4) is 0 Å². The van der Waals surface area contributed by atoms with Gasteiger partial charge in [-0.1, -0.05) is 12.2 Å². The van der Waals surface area contributed by atoms with Gasteiger partial charge in [-0.2, -0.15) is 0 Å². The number of fused-ring (bicyclic) bond motifs is 2. The van der Waals surface area contributed by atoms with E-state index in [0.29, 0.717) is 5.82 Å². The third-order valence-corrected chi connectivity index (χ3v) is 4.21. The zero-order valence-corrected chi connectivity index (χ0v) is 11.1. The molecule has 2 aliphatic rings. The molecule has 2 N–H and O–H groups in total. The van der Waals surface area contributed by atoms with E-state index < -0.39 is 17.8 Å². The van der Waals surface area contributed by atoms with Gasteiger partial charge < -0.3 is 10.4 Å². The van der Waals surface area contributed by atoms with Gasteiger partial charge in [0.1, 0.15) is 5.82 Å². The molecule has 1 fully saturated rings. The minimum Gasteiger partial charge on any atom is -0.481 e. The molecule has 1 amide bonds. The van der Waals surface area contributed by atoms with Crippen molar-refractivity contribution in [2.45, 2.75) is 13.3 Å². The zero-order valence-electron chi connectivity index (χ0n) is 11.1. The normalized spacial score (nSPS) is 30.4. The molecular weight excluding hydrogens is 256 g/mol. The van der Waals surface area contributed by atoms with E-state index in [1.165, 1.54) is 0 Å². The Bertz CT molecular complexity index is 597. The van der Waals surface area contributed by atoms with Gasteiger partial charge >= 0.3 is 5.97 Å². The van der Waals surface area contributed by atoms with Crippen molar-refractivity contribution in [2.24, 2.45) is 23.7 Å². The second-order valence-corrected chi connectivity index (χ2v) is 5.55. The van der Waals surface area contributed by atoms with E-state index in [-0.39, 0.29) is 17.7 Å². The van der Waals surface area contributed by atoms with Gasteiger partial charge in [0.25, 0.3) is 0 Å². The summed E-state index contributed by atoms with van der Waals surface area (Å²) in [6, 6.07) is 3.62. The average molecular weight is 272 g/mol. The van der Waals surface area contributed by atoms with Gasteiger partial charge in [0.05, 0.1) is 11.8 Å². The van der Waals surface area contributed by atoms with Gasteiger partial charge in [-0.25, -0.2) is 4.98 Å². The Morgan fingerprint density at radius 1 is 1.30 bits per heavy atom. The molecule has 0 spiro atoms. The summed E-state index contributed by atoms with van der Waals surface area (Å²) >= 11 is 0. The molecule has 0 unspecified atom stereocenters. The predicted molar refractivity (Wildman–Crippen MR) is 73.0 cm³/mol. The number of hydrogen-bond acceptors (Lipinski definition) is 3. The second kappa shape index (κ2) is 4.74. The summed E-state index contributed by atoms with van der Waals surface area (Å²) in [6.45, 7) is 1.91. The molecule has 2 bridgehead atoms. The number of amides is 1. The Hall–Kier alpha value is -2.17. The standard InChI is InChI=1S/C15H16N2O3/c1-8-4-5-16-11(6-8)17-14(18)12-9-2-3-10(7-9)13(12)15(19)20/h2-6,9-10,12-13H,7H2,1H3,(H,19,20)(H,16,17,18)/t9-,10-,12-,13-/m0/s1. The van der Waals surface area contributed by atoms with Crippen molar-refractivity contribution >= 4 is 17.7 Å². The first kappa shape index (κ1) is 12.8. The number of allylic oxidation sites excluding steroid dienone is 2. The fraction of sp³-hybridized carbons (Fsp3) is 0.400. The monoisotopic (exact) mass is 272 g/mol. The lowest BCUT2D eigenvalue weighted by Crippen LogP contribution is -2.36. The molecule has 4 atom stereocenters. The van der Waals surface area contributed by atoms with Gasteiger partial charge in [-0.3, -0.25) is 9.59 Å². The molecule has 104 valence electrons. The van der Waals surface area contributed by atoms with E-state index in [1.807, 2.05) is 25.1 Å². The number of nitrogens with one attached hydrogen (secondary N) is 1. The van der Waals surface area contributed by atoms with Crippen molar-refractivity contribution in [1.82, 2.24) is 4.98 Å². The molecule has 0 radical (unpaired) electrons. The molecule has 1 saturated carbocycles. The fourth-order valence-electron chi connectivity index (χ4n) is 3.33. The maximum atomic E-state index is 12.4. The summed E-state index contributed by atoms with van der Waals surface area (Å²) in [5, 5.41) is 12.1. The summed E-state index contributed by atoms with van der Waals surface area (Å²) in [7, 11) is 0. The Labute approximate surface area is 116 Å². The van der Waals surface area contributed by atoms with Crippen LogP contribution in [0.4, 0.5) is 5.82 Å². The van der Waals surface area contributed by atoms with Crippen molar-refractivity contribution in [3.63, 3.8) is 0 Å². The minimum absolute atomic E-state index is 0.0151. The Balaban J connectivity index is 1.80. The molecule has 0 saturated heterocycles. The van der Waals surface area contributed by atoms with Crippen LogP contribution in [-0.2, 0) is 9.59 Å². The van der Waals surface area contributed by atoms with E-state index >= 15 is 0 Å². The number of pyridine rings is 1. The number of carboxylic acid groups (broad SMARTS) is 1. The number of carboxylic acids is 1. The number of rotatable bonds is 3. The number of aryl methyl sites for hydroxylation is 1. The summed E-state index contributed by atoms with van der Waals surface area (Å²) < 4.78 is 0. The summed E-state index contributed by atoms with van der Waals surface area (Å²) in [4.78, 5) is 27.9. The van der Waals surface area contributed by atoms with E-state index in [4.69, 9.17) is 0 Å². The number of hydrogen-bond donors (Lipinski definition) is 2. The number of anilines is 1. The molecular formula is C15H16N2O3. The molecule has 20 heavy (non-hydrogen) atoms. The SMILES string of the molecule is Cc1ccnc(NC(=O)[C@@H]2[C@@H](C(=O)O)[C@H]3C=C[C@H]2C3)c1. The van der Waals surface area contributed by atoms with Crippen molar-refractivity contribution in [1.29, 1.82) is 0 Å². The molecule has 5 nitrogen and oxygen atoms in total. The van der Waals surface area contributed by atoms with E-state index in [0.717, 1.165) is 12.0 Å². The van der Waals surface area contributed by atoms with Crippen LogP contribution in [0.25, 0.3) is 0 Å². The smallest absolute Gasteiger partial charge is 0.307 e. The van der Waals surface area contributed by atoms with E-state index in [9.17, 15) is 14.7 Å². The maximum Gasteiger partial charge on any atom is 0.307 e. The van der Waals surface area contributed by atoms with Crippen LogP contribution >= 0.6 is 0 Å². The van der Waals surface area contributed by atoms with E-state index in [2.05, 4.69) is 10.3 Å². The molecule has 1 aromatic heterocycles. The zero-order chi connectivity index (χ0) is 14.3. The first-order valence-electron chi connectivity index (χ1n) is 6.71. The highest BCUT2D eigenvalue weighted by molar-refractivity contribution is 5.95. The molecule has 1 heterocycles. The largest absolute Gasteiger partial charge is 0.481 e. The molecule has 1 aromatic rings. The molecule has 0 aromatic carbocycles. The summed E-state index contributed by atoms with van der Waals surface area (Å²) in [5.74, 6) is -1.75. The number of carbonyl (C=O) groups excluding carboxylic acids is 1. The van der Waals surface area contributed by atoms with Gasteiger partial charge in [-0.15, -0.1) is 0 Å². The van der Waals surface area contributed by atoms with Crippen LogP contribution in [0.5, 0.6) is 0 Å². The van der Waals surface area contributed by atoms with Gasteiger partial charge in [-0.05, 0) is 42.9 Å². The average Bonchev–Trinajstić information content (AvgIpc) is 2.98. The lowest BCUT2D eigenvalue weighted by molar-refractivity contribution is -0.146. The molecule has 0 aliphatic heterocycles. The minimum atomic E-state index is -0.890. The lowest BCUT2D eigenvalue weighted by atomic mass is 9.82. The lowest BCUT2D eigenvalue weighted by Gasteiger charge is -2.23. The highest BCUT2D eigenvalue weighted by Gasteiger charge is 2.51. The third-order valence-electron chi connectivity index (χ3n) is 4.21. The third kappa shape index (κ3) is 2.09. The quantitative estimate of drug-likeness (QED) is 0.823. The van der Waals surface area contributed by atoms with Crippen LogP contribution in [0.2, 0.25) is 0 Å². The fourth-order valence-corrected chi connectivity index (χ4v) is 3.33.